The number of carbonyl (C=O) groups is 2. The average Bonchev–Trinajstić information content (AvgIpc) is 3.48. The van der Waals surface area contributed by atoms with Gasteiger partial charge in [0.25, 0.3) is 5.91 Å². The molecule has 3 aliphatic rings. The summed E-state index contributed by atoms with van der Waals surface area (Å²) in [5.41, 5.74) is 11.3. The number of hydrogen-bond donors (Lipinski definition) is 2. The van der Waals surface area contributed by atoms with Gasteiger partial charge in [-0.3, -0.25) is 4.79 Å². The second-order valence-corrected chi connectivity index (χ2v) is 12.7. The number of hydrogen-bond acceptors (Lipinski definition) is 9. The maximum atomic E-state index is 13.7. The van der Waals surface area contributed by atoms with Crippen LogP contribution in [0.25, 0.3) is 33.6 Å². The lowest BCUT2D eigenvalue weighted by molar-refractivity contribution is 0.0593. The monoisotopic (exact) mass is 620 g/mol. The molecule has 8 rings (SSSR count). The van der Waals surface area contributed by atoms with E-state index in [2.05, 4.69) is 20.9 Å². The Hall–Kier alpha value is -4.97. The standard InChI is InChI=1S/C34H36N8O4/c1-40-30-24(12-21(14-27(30)45-2)33(43)42-17-20-6-10-25(42)29(20)35)38-32(40)26-13-19-7-11-28(39-31(19)41(26)16-18-4-5-18)37-22-8-9-23(36-15-22)34(44)46-3/h7-9,11-15,18,20,25,29H,4-6,10,16-17,35H2,1-3H3,(H,37,39)/t20?,25?,29-/m1/s1. The fourth-order valence-corrected chi connectivity index (χ4v) is 7.23. The van der Waals surface area contributed by atoms with Gasteiger partial charge in [-0.25, -0.2) is 19.7 Å². The van der Waals surface area contributed by atoms with Crippen LogP contribution in [0.5, 0.6) is 5.75 Å². The van der Waals surface area contributed by atoms with Gasteiger partial charge in [0.15, 0.2) is 5.82 Å². The zero-order valence-electron chi connectivity index (χ0n) is 26.1. The molecule has 1 saturated heterocycles. The molecule has 2 aliphatic carbocycles. The highest BCUT2D eigenvalue weighted by molar-refractivity contribution is 6.00. The van der Waals surface area contributed by atoms with E-state index in [1.54, 1.807) is 25.4 Å². The quantitative estimate of drug-likeness (QED) is 0.240. The Kier molecular flexibility index (Phi) is 6.71. The van der Waals surface area contributed by atoms with Crippen LogP contribution in [0.1, 0.15) is 46.5 Å². The number of aromatic nitrogens is 5. The number of rotatable bonds is 8. The van der Waals surface area contributed by atoms with Crippen molar-refractivity contribution in [2.24, 2.45) is 24.6 Å². The summed E-state index contributed by atoms with van der Waals surface area (Å²) in [7, 11) is 4.94. The SMILES string of the molecule is COC(=O)c1ccc(Nc2ccc3cc(-c4nc5cc(C(=O)N6CC7CCC6[C@@H]7N)cc(OC)c5n4C)n(CC4CC4)c3n2)cn1. The summed E-state index contributed by atoms with van der Waals surface area (Å²) in [6, 6.07) is 13.4. The first-order chi connectivity index (χ1) is 22.3. The van der Waals surface area contributed by atoms with Crippen molar-refractivity contribution in [2.45, 2.75) is 44.3 Å². The van der Waals surface area contributed by atoms with Gasteiger partial charge in [-0.2, -0.15) is 0 Å². The van der Waals surface area contributed by atoms with E-state index in [-0.39, 0.29) is 23.7 Å². The normalized spacial score (nSPS) is 20.5. The first-order valence-electron chi connectivity index (χ1n) is 15.8. The van der Waals surface area contributed by atoms with Crippen molar-refractivity contribution in [1.82, 2.24) is 29.0 Å². The van der Waals surface area contributed by atoms with Crippen molar-refractivity contribution in [2.75, 3.05) is 26.1 Å². The fraction of sp³-hybridized carbons (Fsp3) is 0.382. The molecule has 12 heteroatoms. The van der Waals surface area contributed by atoms with Gasteiger partial charge in [0.2, 0.25) is 0 Å². The molecule has 5 aromatic rings. The lowest BCUT2D eigenvalue weighted by Crippen LogP contribution is -2.41. The molecule has 1 amide bonds. The number of carbonyl (C=O) groups excluding carboxylic acids is 2. The van der Waals surface area contributed by atoms with Crippen LogP contribution in [0, 0.1) is 11.8 Å². The Labute approximate surface area is 265 Å². The van der Waals surface area contributed by atoms with Gasteiger partial charge in [-0.15, -0.1) is 0 Å². The summed E-state index contributed by atoms with van der Waals surface area (Å²) in [6.45, 7) is 1.53. The number of nitrogens with one attached hydrogen (secondary N) is 1. The molecular weight excluding hydrogens is 584 g/mol. The van der Waals surface area contributed by atoms with Crippen LogP contribution in [0.15, 0.2) is 48.7 Å². The number of aryl methyl sites for hydroxylation is 1. The van der Waals surface area contributed by atoms with Gasteiger partial charge in [-0.05, 0) is 80.0 Å². The fourth-order valence-electron chi connectivity index (χ4n) is 7.23. The van der Waals surface area contributed by atoms with Crippen LogP contribution in [0.3, 0.4) is 0 Å². The predicted molar refractivity (Wildman–Crippen MR) is 173 cm³/mol. The Morgan fingerprint density at radius 1 is 1.04 bits per heavy atom. The minimum absolute atomic E-state index is 0.0164. The number of piperidine rings is 1. The molecule has 12 nitrogen and oxygen atoms in total. The van der Waals surface area contributed by atoms with Crippen LogP contribution in [-0.4, -0.2) is 73.7 Å². The highest BCUT2D eigenvalue weighted by Gasteiger charge is 2.47. The number of ether oxygens (including phenoxy) is 2. The Morgan fingerprint density at radius 2 is 1.89 bits per heavy atom. The number of benzene rings is 1. The van der Waals surface area contributed by atoms with E-state index in [0.29, 0.717) is 46.7 Å². The molecule has 3 N–H and O–H groups in total. The maximum absolute atomic E-state index is 13.7. The van der Waals surface area contributed by atoms with Crippen LogP contribution in [-0.2, 0) is 18.3 Å². The first-order valence-corrected chi connectivity index (χ1v) is 15.8. The summed E-state index contributed by atoms with van der Waals surface area (Å²) >= 11 is 0. The molecule has 1 aromatic carbocycles. The zero-order valence-corrected chi connectivity index (χ0v) is 26.1. The Balaban J connectivity index is 1.17. The van der Waals surface area contributed by atoms with Gasteiger partial charge < -0.3 is 34.6 Å². The molecule has 0 spiro atoms. The summed E-state index contributed by atoms with van der Waals surface area (Å²) in [6.07, 6.45) is 5.99. The maximum Gasteiger partial charge on any atom is 0.356 e. The van der Waals surface area contributed by atoms with Crippen LogP contribution in [0.2, 0.25) is 0 Å². The molecule has 4 aromatic heterocycles. The van der Waals surface area contributed by atoms with Crippen molar-refractivity contribution in [3.8, 4) is 17.3 Å². The summed E-state index contributed by atoms with van der Waals surface area (Å²) < 4.78 is 14.9. The van der Waals surface area contributed by atoms with Crippen molar-refractivity contribution < 1.29 is 19.1 Å². The van der Waals surface area contributed by atoms with E-state index in [9.17, 15) is 9.59 Å². The van der Waals surface area contributed by atoms with E-state index >= 15 is 0 Å². The minimum atomic E-state index is -0.484. The average molecular weight is 621 g/mol. The Morgan fingerprint density at radius 3 is 2.57 bits per heavy atom. The summed E-state index contributed by atoms with van der Waals surface area (Å²) in [5.74, 6) is 2.50. The number of pyridine rings is 2. The van der Waals surface area contributed by atoms with Crippen LogP contribution in [0.4, 0.5) is 11.5 Å². The summed E-state index contributed by atoms with van der Waals surface area (Å²) in [4.78, 5) is 41.7. The van der Waals surface area contributed by atoms with Crippen molar-refractivity contribution >= 4 is 45.4 Å². The highest BCUT2D eigenvalue weighted by atomic mass is 16.5. The third kappa shape index (κ3) is 4.66. The van der Waals surface area contributed by atoms with Crippen molar-refractivity contribution in [3.63, 3.8) is 0 Å². The predicted octanol–water partition coefficient (Wildman–Crippen LogP) is 4.50. The number of esters is 1. The molecule has 5 heterocycles. The molecule has 0 radical (unpaired) electrons. The molecule has 46 heavy (non-hydrogen) atoms. The van der Waals surface area contributed by atoms with E-state index < -0.39 is 5.97 Å². The van der Waals surface area contributed by atoms with Gasteiger partial charge in [0.05, 0.1) is 37.3 Å². The molecule has 3 atom stereocenters. The van der Waals surface area contributed by atoms with Crippen molar-refractivity contribution in [1.29, 1.82) is 0 Å². The van der Waals surface area contributed by atoms with Crippen molar-refractivity contribution in [3.05, 3.63) is 59.9 Å². The number of imidazole rings is 1. The number of fused-ring (bicyclic) bond motifs is 4. The number of nitrogens with two attached hydrogens (primary N) is 1. The first kappa shape index (κ1) is 28.5. The number of amides is 1. The zero-order chi connectivity index (χ0) is 31.7. The lowest BCUT2D eigenvalue weighted by Gasteiger charge is -2.27. The lowest BCUT2D eigenvalue weighted by atomic mass is 10.1. The van der Waals surface area contributed by atoms with E-state index in [4.69, 9.17) is 25.2 Å². The molecular formula is C34H36N8O4. The number of anilines is 2. The van der Waals surface area contributed by atoms with E-state index in [0.717, 1.165) is 47.5 Å². The molecule has 2 bridgehead atoms. The van der Waals surface area contributed by atoms with E-state index in [1.165, 1.54) is 20.0 Å². The number of nitrogens with zero attached hydrogens (tertiary/aromatic N) is 6. The Bertz CT molecular complexity index is 2010. The molecule has 2 saturated carbocycles. The second kappa shape index (κ2) is 10.8. The van der Waals surface area contributed by atoms with Gasteiger partial charge in [0, 0.05) is 43.2 Å². The molecule has 236 valence electrons. The van der Waals surface area contributed by atoms with Gasteiger partial charge in [-0.1, -0.05) is 0 Å². The smallest absolute Gasteiger partial charge is 0.356 e. The number of likely N-dealkylation sites (tertiary alicyclic amines) is 1. The third-order valence-electron chi connectivity index (χ3n) is 9.86. The van der Waals surface area contributed by atoms with Gasteiger partial charge in [0.1, 0.15) is 28.4 Å². The third-order valence-corrected chi connectivity index (χ3v) is 9.86. The molecule has 3 fully saturated rings. The molecule has 1 aliphatic heterocycles. The van der Waals surface area contributed by atoms with E-state index in [1.807, 2.05) is 40.8 Å². The highest BCUT2D eigenvalue weighted by Crippen LogP contribution is 2.40. The second-order valence-electron chi connectivity index (χ2n) is 12.7. The number of methoxy groups -OCH3 is 2. The largest absolute Gasteiger partial charge is 0.494 e. The van der Waals surface area contributed by atoms with Crippen LogP contribution < -0.4 is 15.8 Å². The van der Waals surface area contributed by atoms with Crippen LogP contribution >= 0.6 is 0 Å². The molecule has 2 unspecified atom stereocenters. The summed E-state index contributed by atoms with van der Waals surface area (Å²) in [5, 5.41) is 4.30. The topological polar surface area (TPSA) is 142 Å². The minimum Gasteiger partial charge on any atom is -0.494 e. The van der Waals surface area contributed by atoms with Gasteiger partial charge >= 0.3 is 5.97 Å².